The van der Waals surface area contributed by atoms with Crippen molar-refractivity contribution in [3.8, 4) is 11.5 Å². The Morgan fingerprint density at radius 3 is 1.93 bits per heavy atom. The minimum absolute atomic E-state index is 0.0262. The summed E-state index contributed by atoms with van der Waals surface area (Å²) in [7, 11) is 1.26. The third-order valence-corrected chi connectivity index (χ3v) is 5.99. The summed E-state index contributed by atoms with van der Waals surface area (Å²) in [6.45, 7) is 9.88. The Kier molecular flexibility index (Phi) is 18.4. The lowest BCUT2D eigenvalue weighted by Crippen LogP contribution is -2.41. The third kappa shape index (κ3) is 15.5. The minimum atomic E-state index is -0.966. The zero-order valence-corrected chi connectivity index (χ0v) is 25.7. The fraction of sp³-hybridized carbons (Fsp3) is 0.667. The van der Waals surface area contributed by atoms with E-state index >= 15 is 0 Å². The number of esters is 1. The smallest absolute Gasteiger partial charge is 0.468 e. The summed E-state index contributed by atoms with van der Waals surface area (Å²) in [5.41, 5.74) is 0.554. The van der Waals surface area contributed by atoms with Crippen molar-refractivity contribution in [1.29, 1.82) is 0 Å². The molecule has 1 N–H and O–H groups in total. The number of rotatable bonds is 19. The lowest BCUT2D eigenvalue weighted by molar-refractivity contribution is -0.143. The number of carbonyl (C=O) groups is 4. The molecule has 1 rings (SSSR count). The largest absolute Gasteiger partial charge is 0.514 e. The van der Waals surface area contributed by atoms with E-state index in [0.29, 0.717) is 18.4 Å². The number of methoxy groups -OCH3 is 1. The number of unbranched alkanes of at least 4 members (excludes halogenated alkanes) is 2. The quantitative estimate of drug-likeness (QED) is 0.0849. The number of carbonyl (C=O) groups excluding carboxylic acids is 4. The van der Waals surface area contributed by atoms with Crippen molar-refractivity contribution in [2.45, 2.75) is 104 Å². The molecule has 0 aliphatic carbocycles. The van der Waals surface area contributed by atoms with Crippen molar-refractivity contribution in [2.75, 3.05) is 26.9 Å². The fourth-order valence-electron chi connectivity index (χ4n) is 3.86. The first kappa shape index (κ1) is 36.5. The summed E-state index contributed by atoms with van der Waals surface area (Å²) in [4.78, 5) is 49.0. The van der Waals surface area contributed by atoms with E-state index in [1.165, 1.54) is 19.2 Å². The van der Waals surface area contributed by atoms with Crippen LogP contribution in [0, 0.1) is 0 Å². The normalized spacial score (nSPS) is 12.8. The van der Waals surface area contributed by atoms with E-state index in [4.69, 9.17) is 33.2 Å². The second-order valence-electron chi connectivity index (χ2n) is 9.81. The predicted octanol–water partition coefficient (Wildman–Crippen LogP) is 6.11. The molecule has 1 aromatic carbocycles. The molecule has 0 aromatic heterocycles. The highest BCUT2D eigenvalue weighted by Crippen LogP contribution is 2.30. The molecule has 0 spiro atoms. The van der Waals surface area contributed by atoms with E-state index in [1.807, 2.05) is 20.8 Å². The van der Waals surface area contributed by atoms with Crippen molar-refractivity contribution >= 4 is 24.4 Å². The third-order valence-electron chi connectivity index (χ3n) is 5.99. The molecule has 0 bridgehead atoms. The van der Waals surface area contributed by atoms with Crippen LogP contribution in [0.15, 0.2) is 18.2 Å². The first-order valence-corrected chi connectivity index (χ1v) is 14.6. The van der Waals surface area contributed by atoms with Gasteiger partial charge in [0.25, 0.3) is 0 Å². The second kappa shape index (κ2) is 21.2. The average Bonchev–Trinajstić information content (AvgIpc) is 2.93. The Hall–Kier alpha value is -3.54. The number of benzene rings is 1. The summed E-state index contributed by atoms with van der Waals surface area (Å²) < 4.78 is 36.2. The van der Waals surface area contributed by atoms with Crippen LogP contribution in [0.3, 0.4) is 0 Å². The summed E-state index contributed by atoms with van der Waals surface area (Å²) in [5, 5.41) is 2.99. The number of nitrogens with one attached hydrogen (secondary N) is 1. The van der Waals surface area contributed by atoms with Gasteiger partial charge in [0, 0.05) is 6.54 Å². The van der Waals surface area contributed by atoms with Gasteiger partial charge in [0.05, 0.1) is 13.7 Å². The number of hydrogen-bond acceptors (Lipinski definition) is 12. The molecule has 42 heavy (non-hydrogen) atoms. The second-order valence-corrected chi connectivity index (χ2v) is 9.81. The van der Waals surface area contributed by atoms with Gasteiger partial charge in [0.1, 0.15) is 24.9 Å². The lowest BCUT2D eigenvalue weighted by atomic mass is 10.1. The van der Waals surface area contributed by atoms with E-state index in [2.05, 4.69) is 5.32 Å². The van der Waals surface area contributed by atoms with Crippen molar-refractivity contribution in [3.05, 3.63) is 23.8 Å². The summed E-state index contributed by atoms with van der Waals surface area (Å²) in [6.07, 6.45) is 2.36. The maximum absolute atomic E-state index is 12.5. The standard InChI is InChI=1S/C30H47NO11/c1-7-10-11-17-37-28(33)38-18-16-31-24(27(32)36-6)19-23-14-15-25(41-29(34)39-21(4)12-8-2)26(20-23)42-30(35)40-22(5)13-9-3/h14-15,20-22,24,31H,7-13,16-19H2,1-6H3/t21?,22?,24-/m0/s1. The van der Waals surface area contributed by atoms with Gasteiger partial charge in [0.15, 0.2) is 11.5 Å². The van der Waals surface area contributed by atoms with Crippen molar-refractivity contribution in [1.82, 2.24) is 5.32 Å². The maximum Gasteiger partial charge on any atom is 0.514 e. The summed E-state index contributed by atoms with van der Waals surface area (Å²) in [6, 6.07) is 3.68. The first-order valence-electron chi connectivity index (χ1n) is 14.6. The maximum atomic E-state index is 12.5. The summed E-state index contributed by atoms with van der Waals surface area (Å²) in [5.74, 6) is -0.693. The zero-order chi connectivity index (χ0) is 31.3. The van der Waals surface area contributed by atoms with Gasteiger partial charge in [-0.05, 0) is 57.2 Å². The molecule has 12 heteroatoms. The molecule has 0 aliphatic rings. The number of ether oxygens (including phenoxy) is 7. The monoisotopic (exact) mass is 597 g/mol. The highest BCUT2D eigenvalue weighted by atomic mass is 16.8. The Morgan fingerprint density at radius 1 is 0.762 bits per heavy atom. The van der Waals surface area contributed by atoms with Gasteiger partial charge in [-0.25, -0.2) is 14.4 Å². The molecule has 2 unspecified atom stereocenters. The molecule has 0 saturated carbocycles. The van der Waals surface area contributed by atoms with Crippen LogP contribution in [0.2, 0.25) is 0 Å². The molecule has 0 radical (unpaired) electrons. The molecule has 0 amide bonds. The molecular formula is C30H47NO11. The highest BCUT2D eigenvalue weighted by molar-refractivity contribution is 5.76. The van der Waals surface area contributed by atoms with Gasteiger partial charge in [-0.15, -0.1) is 0 Å². The van der Waals surface area contributed by atoms with Gasteiger partial charge in [0.2, 0.25) is 0 Å². The highest BCUT2D eigenvalue weighted by Gasteiger charge is 2.23. The van der Waals surface area contributed by atoms with Crippen LogP contribution in [-0.2, 0) is 34.9 Å². The van der Waals surface area contributed by atoms with E-state index in [1.54, 1.807) is 19.9 Å². The molecule has 1 aromatic rings. The molecule has 0 heterocycles. The van der Waals surface area contributed by atoms with Crippen LogP contribution in [0.5, 0.6) is 11.5 Å². The van der Waals surface area contributed by atoms with Crippen LogP contribution in [0.1, 0.15) is 85.1 Å². The topological polar surface area (TPSA) is 145 Å². The van der Waals surface area contributed by atoms with Crippen molar-refractivity contribution in [3.63, 3.8) is 0 Å². The first-order chi connectivity index (χ1) is 20.1. The fourth-order valence-corrected chi connectivity index (χ4v) is 3.86. The van der Waals surface area contributed by atoms with E-state index in [0.717, 1.165) is 32.1 Å². The lowest BCUT2D eigenvalue weighted by Gasteiger charge is -2.18. The van der Waals surface area contributed by atoms with Gasteiger partial charge < -0.3 is 38.5 Å². The minimum Gasteiger partial charge on any atom is -0.468 e. The Bertz CT molecular complexity index is 969. The molecule has 0 saturated heterocycles. The van der Waals surface area contributed by atoms with Gasteiger partial charge >= 0.3 is 24.4 Å². The van der Waals surface area contributed by atoms with Crippen LogP contribution in [0.25, 0.3) is 0 Å². The van der Waals surface area contributed by atoms with Crippen molar-refractivity contribution < 1.29 is 52.3 Å². The molecule has 0 aliphatic heterocycles. The van der Waals surface area contributed by atoms with Crippen molar-refractivity contribution in [2.24, 2.45) is 0 Å². The van der Waals surface area contributed by atoms with Crippen LogP contribution >= 0.6 is 0 Å². The Balaban J connectivity index is 2.95. The molecule has 238 valence electrons. The Labute approximate surface area is 248 Å². The predicted molar refractivity (Wildman–Crippen MR) is 154 cm³/mol. The van der Waals surface area contributed by atoms with Gasteiger partial charge in [-0.1, -0.05) is 52.5 Å². The molecule has 12 nitrogen and oxygen atoms in total. The molecule has 3 atom stereocenters. The Morgan fingerprint density at radius 2 is 1.36 bits per heavy atom. The molecular weight excluding hydrogens is 550 g/mol. The van der Waals surface area contributed by atoms with Crippen LogP contribution in [-0.4, -0.2) is 69.6 Å². The van der Waals surface area contributed by atoms with Crippen LogP contribution < -0.4 is 14.8 Å². The SMILES string of the molecule is CCCCCOC(=O)OCCN[C@@H](Cc1ccc(OC(=O)OC(C)CCC)c(OC(=O)OC(C)CCC)c1)C(=O)OC. The van der Waals surface area contributed by atoms with E-state index in [-0.39, 0.29) is 49.9 Å². The zero-order valence-electron chi connectivity index (χ0n) is 25.7. The van der Waals surface area contributed by atoms with E-state index < -0.39 is 30.5 Å². The van der Waals surface area contributed by atoms with Crippen LogP contribution in [0.4, 0.5) is 14.4 Å². The summed E-state index contributed by atoms with van der Waals surface area (Å²) >= 11 is 0. The van der Waals surface area contributed by atoms with E-state index in [9.17, 15) is 19.2 Å². The molecule has 0 fully saturated rings. The van der Waals surface area contributed by atoms with Gasteiger partial charge in [-0.2, -0.15) is 0 Å². The van der Waals surface area contributed by atoms with Gasteiger partial charge in [-0.3, -0.25) is 4.79 Å². The average molecular weight is 598 g/mol. The number of hydrogen-bond donors (Lipinski definition) is 1.